The van der Waals surface area contributed by atoms with Crippen LogP contribution in [0.5, 0.6) is 0 Å². The van der Waals surface area contributed by atoms with Crippen molar-refractivity contribution in [1.82, 2.24) is 14.9 Å². The Hall–Kier alpha value is -1.27. The number of likely N-dealkylation sites (N-methyl/N-ethyl adjacent to an activating group) is 1. The molecule has 2 bridgehead atoms. The number of rotatable bonds is 2. The zero-order chi connectivity index (χ0) is 14.1. The molecule has 3 heterocycles. The van der Waals surface area contributed by atoms with Gasteiger partial charge in [-0.15, -0.1) is 0 Å². The van der Waals surface area contributed by atoms with Gasteiger partial charge in [-0.25, -0.2) is 14.4 Å². The van der Waals surface area contributed by atoms with Crippen molar-refractivity contribution in [3.8, 4) is 0 Å². The van der Waals surface area contributed by atoms with Gasteiger partial charge >= 0.3 is 0 Å². The van der Waals surface area contributed by atoms with Crippen molar-refractivity contribution in [2.24, 2.45) is 5.92 Å². The first-order valence-electron chi connectivity index (χ1n) is 7.21. The molecule has 110 valence electrons. The summed E-state index contributed by atoms with van der Waals surface area (Å²) in [6.07, 6.45) is 2.05. The van der Waals surface area contributed by atoms with Crippen molar-refractivity contribution in [3.63, 3.8) is 0 Å². The second-order valence-corrected chi connectivity index (χ2v) is 5.74. The van der Waals surface area contributed by atoms with E-state index in [0.29, 0.717) is 30.5 Å². The molecule has 2 atom stereocenters. The monoisotopic (exact) mass is 280 g/mol. The average Bonchev–Trinajstić information content (AvgIpc) is 2.69. The van der Waals surface area contributed by atoms with Crippen LogP contribution in [0.1, 0.15) is 12.6 Å². The highest BCUT2D eigenvalue weighted by atomic mass is 19.1. The largest absolute Gasteiger partial charge is 0.379 e. The summed E-state index contributed by atoms with van der Waals surface area (Å²) in [6, 6.07) is 0.154. The van der Waals surface area contributed by atoms with E-state index in [1.54, 1.807) is 0 Å². The van der Waals surface area contributed by atoms with E-state index >= 15 is 0 Å². The molecule has 1 aromatic rings. The molecular formula is C14H21FN4O. The Morgan fingerprint density at radius 2 is 2.15 bits per heavy atom. The number of aromatic nitrogens is 2. The summed E-state index contributed by atoms with van der Waals surface area (Å²) >= 11 is 0. The summed E-state index contributed by atoms with van der Waals surface area (Å²) in [5, 5.41) is 0. The number of nitrogens with zero attached hydrogens (tertiary/aromatic N) is 4. The van der Waals surface area contributed by atoms with Crippen LogP contribution in [0.4, 0.5) is 10.2 Å². The lowest BCUT2D eigenvalue weighted by Crippen LogP contribution is -2.43. The molecule has 0 amide bonds. The van der Waals surface area contributed by atoms with Crippen LogP contribution in [-0.4, -0.2) is 60.8 Å². The average molecular weight is 280 g/mol. The molecule has 1 aromatic heterocycles. The van der Waals surface area contributed by atoms with E-state index in [-0.39, 0.29) is 11.9 Å². The minimum absolute atomic E-state index is 0.154. The Morgan fingerprint density at radius 3 is 2.95 bits per heavy atom. The summed E-state index contributed by atoms with van der Waals surface area (Å²) in [5.41, 5.74) is 0.489. The van der Waals surface area contributed by atoms with Crippen LogP contribution in [0.3, 0.4) is 0 Å². The lowest BCUT2D eigenvalue weighted by molar-refractivity contribution is 0.0724. The molecule has 20 heavy (non-hydrogen) atoms. The maximum Gasteiger partial charge on any atom is 0.187 e. The fraction of sp³-hybridized carbons (Fsp3) is 0.714. The van der Waals surface area contributed by atoms with Crippen molar-refractivity contribution in [3.05, 3.63) is 17.8 Å². The van der Waals surface area contributed by atoms with Crippen LogP contribution >= 0.6 is 0 Å². The van der Waals surface area contributed by atoms with Crippen molar-refractivity contribution in [1.29, 1.82) is 0 Å². The minimum Gasteiger partial charge on any atom is -0.379 e. The molecule has 3 rings (SSSR count). The quantitative estimate of drug-likeness (QED) is 0.806. The third kappa shape index (κ3) is 2.50. The predicted octanol–water partition coefficient (Wildman–Crippen LogP) is 0.945. The third-order valence-corrected chi connectivity index (χ3v) is 4.10. The highest BCUT2D eigenvalue weighted by Crippen LogP contribution is 2.26. The molecule has 2 aliphatic rings. The normalized spacial score (nSPS) is 27.4. The molecule has 0 aromatic carbocycles. The van der Waals surface area contributed by atoms with Crippen LogP contribution in [0.25, 0.3) is 0 Å². The van der Waals surface area contributed by atoms with Crippen LogP contribution in [0.15, 0.2) is 6.33 Å². The number of anilines is 1. The van der Waals surface area contributed by atoms with Gasteiger partial charge in [0.05, 0.1) is 24.9 Å². The minimum atomic E-state index is -0.273. The SMILES string of the molecule is CCc1ncnc(N2C[C@H]3COC[C@@H]2CN(C)C3)c1F. The van der Waals surface area contributed by atoms with E-state index in [0.717, 1.165) is 26.2 Å². The zero-order valence-electron chi connectivity index (χ0n) is 12.0. The summed E-state index contributed by atoms with van der Waals surface area (Å²) in [6.45, 7) is 5.94. The topological polar surface area (TPSA) is 41.5 Å². The van der Waals surface area contributed by atoms with Crippen molar-refractivity contribution in [2.45, 2.75) is 19.4 Å². The van der Waals surface area contributed by atoms with Crippen molar-refractivity contribution < 1.29 is 9.13 Å². The molecule has 2 fully saturated rings. The lowest BCUT2D eigenvalue weighted by Gasteiger charge is -2.30. The van der Waals surface area contributed by atoms with Gasteiger partial charge in [-0.3, -0.25) is 0 Å². The Bertz CT molecular complexity index is 484. The molecule has 0 N–H and O–H groups in total. The second kappa shape index (κ2) is 5.61. The van der Waals surface area contributed by atoms with E-state index in [1.165, 1.54) is 6.33 Å². The van der Waals surface area contributed by atoms with Crippen LogP contribution in [0.2, 0.25) is 0 Å². The molecule has 0 spiro atoms. The molecule has 0 aliphatic carbocycles. The lowest BCUT2D eigenvalue weighted by atomic mass is 10.1. The molecular weight excluding hydrogens is 259 g/mol. The first-order chi connectivity index (χ1) is 9.69. The van der Waals surface area contributed by atoms with Gasteiger partial charge in [0.15, 0.2) is 11.6 Å². The van der Waals surface area contributed by atoms with Gasteiger partial charge in [0, 0.05) is 25.6 Å². The number of hydrogen-bond donors (Lipinski definition) is 0. The Morgan fingerprint density at radius 1 is 1.30 bits per heavy atom. The van der Waals surface area contributed by atoms with Crippen molar-refractivity contribution in [2.75, 3.05) is 44.8 Å². The Balaban J connectivity index is 1.96. The number of ether oxygens (including phenoxy) is 1. The first kappa shape index (κ1) is 13.7. The Labute approximate surface area is 118 Å². The van der Waals surface area contributed by atoms with E-state index in [1.807, 2.05) is 6.92 Å². The molecule has 6 heteroatoms. The van der Waals surface area contributed by atoms with Crippen LogP contribution in [-0.2, 0) is 11.2 Å². The van der Waals surface area contributed by atoms with Crippen LogP contribution in [0, 0.1) is 11.7 Å². The van der Waals surface area contributed by atoms with Crippen molar-refractivity contribution >= 4 is 5.82 Å². The molecule has 5 nitrogen and oxygen atoms in total. The number of hydrogen-bond acceptors (Lipinski definition) is 5. The highest BCUT2D eigenvalue weighted by Gasteiger charge is 2.34. The smallest absolute Gasteiger partial charge is 0.187 e. The maximum atomic E-state index is 14.5. The van der Waals surface area contributed by atoms with E-state index in [2.05, 4.69) is 26.8 Å². The number of aryl methyl sites for hydroxylation is 1. The predicted molar refractivity (Wildman–Crippen MR) is 74.3 cm³/mol. The van der Waals surface area contributed by atoms with Gasteiger partial charge in [0.1, 0.15) is 6.33 Å². The van der Waals surface area contributed by atoms with E-state index in [9.17, 15) is 4.39 Å². The first-order valence-corrected chi connectivity index (χ1v) is 7.21. The molecule has 2 saturated heterocycles. The summed E-state index contributed by atoms with van der Waals surface area (Å²) in [5.74, 6) is 0.560. The van der Waals surface area contributed by atoms with Gasteiger partial charge in [0.25, 0.3) is 0 Å². The second-order valence-electron chi connectivity index (χ2n) is 5.74. The third-order valence-electron chi connectivity index (χ3n) is 4.10. The van der Waals surface area contributed by atoms with Crippen LogP contribution < -0.4 is 4.90 Å². The zero-order valence-corrected chi connectivity index (χ0v) is 12.0. The number of fused-ring (bicyclic) bond motifs is 3. The van der Waals surface area contributed by atoms with Gasteiger partial charge in [-0.2, -0.15) is 0 Å². The fourth-order valence-electron chi connectivity index (χ4n) is 3.18. The van der Waals surface area contributed by atoms with Gasteiger partial charge < -0.3 is 14.5 Å². The van der Waals surface area contributed by atoms with Gasteiger partial charge in [0.2, 0.25) is 0 Å². The fourth-order valence-corrected chi connectivity index (χ4v) is 3.18. The Kier molecular flexibility index (Phi) is 3.85. The van der Waals surface area contributed by atoms with Gasteiger partial charge in [-0.05, 0) is 13.5 Å². The summed E-state index contributed by atoms with van der Waals surface area (Å²) < 4.78 is 20.2. The molecule has 0 saturated carbocycles. The van der Waals surface area contributed by atoms with Gasteiger partial charge in [-0.1, -0.05) is 6.92 Å². The maximum absolute atomic E-state index is 14.5. The molecule has 0 radical (unpaired) electrons. The summed E-state index contributed by atoms with van der Waals surface area (Å²) in [4.78, 5) is 12.6. The summed E-state index contributed by atoms with van der Waals surface area (Å²) in [7, 11) is 2.11. The standard InChI is InChI=1S/C14H21FN4O/c1-3-12-13(15)14(17-9-16-12)19-5-10-4-18(2)6-11(19)8-20-7-10/h9-11H,3-8H2,1-2H3/t10-,11-/m0/s1. The highest BCUT2D eigenvalue weighted by molar-refractivity contribution is 5.43. The molecule has 2 aliphatic heterocycles. The number of halogens is 1. The van der Waals surface area contributed by atoms with E-state index < -0.39 is 0 Å². The molecule has 0 unspecified atom stereocenters. The van der Waals surface area contributed by atoms with E-state index in [4.69, 9.17) is 4.74 Å².